The first kappa shape index (κ1) is 17.9. The topological polar surface area (TPSA) is 83.8 Å². The van der Waals surface area contributed by atoms with E-state index in [-0.39, 0.29) is 11.8 Å². The van der Waals surface area contributed by atoms with E-state index in [0.29, 0.717) is 12.8 Å². The number of esters is 2. The van der Waals surface area contributed by atoms with Crippen LogP contribution in [0.25, 0.3) is 0 Å². The third-order valence-corrected chi connectivity index (χ3v) is 5.80. The van der Waals surface area contributed by atoms with Gasteiger partial charge in [-0.25, -0.2) is 9.59 Å². The highest BCUT2D eigenvalue weighted by Gasteiger charge is 2.38. The molecule has 140 valence electrons. The first-order valence-corrected chi connectivity index (χ1v) is 9.33. The average molecular weight is 366 g/mol. The van der Waals surface area contributed by atoms with Gasteiger partial charge in [-0.05, 0) is 47.9 Å². The van der Waals surface area contributed by atoms with Crippen molar-refractivity contribution in [2.24, 2.45) is 0 Å². The van der Waals surface area contributed by atoms with Crippen molar-refractivity contribution in [1.29, 1.82) is 0 Å². The van der Waals surface area contributed by atoms with Crippen LogP contribution >= 0.6 is 0 Å². The van der Waals surface area contributed by atoms with Gasteiger partial charge in [-0.3, -0.25) is 0 Å². The molecular formula is C22H22O5. The van der Waals surface area contributed by atoms with E-state index in [2.05, 4.69) is 0 Å². The maximum atomic E-state index is 12.3. The lowest BCUT2D eigenvalue weighted by atomic mass is 9.94. The van der Waals surface area contributed by atoms with Crippen LogP contribution in [-0.4, -0.2) is 34.4 Å². The van der Waals surface area contributed by atoms with E-state index in [1.54, 1.807) is 0 Å². The molecular weight excluding hydrogens is 344 g/mol. The van der Waals surface area contributed by atoms with E-state index < -0.39 is 24.1 Å². The lowest BCUT2D eigenvalue weighted by Gasteiger charge is -2.20. The third kappa shape index (κ3) is 3.29. The molecule has 0 radical (unpaired) electrons. The van der Waals surface area contributed by atoms with Crippen molar-refractivity contribution < 1.29 is 24.5 Å². The van der Waals surface area contributed by atoms with Gasteiger partial charge < -0.3 is 14.9 Å². The van der Waals surface area contributed by atoms with Gasteiger partial charge in [0.05, 0.1) is 0 Å². The Morgan fingerprint density at radius 3 is 1.63 bits per heavy atom. The number of aliphatic hydroxyl groups is 2. The van der Waals surface area contributed by atoms with Crippen LogP contribution in [0.3, 0.4) is 0 Å². The molecule has 2 aliphatic rings. The van der Waals surface area contributed by atoms with Gasteiger partial charge in [0.25, 0.3) is 0 Å². The van der Waals surface area contributed by atoms with Crippen molar-refractivity contribution in [3.8, 4) is 0 Å². The predicted molar refractivity (Wildman–Crippen MR) is 98.1 cm³/mol. The van der Waals surface area contributed by atoms with Crippen molar-refractivity contribution in [2.75, 3.05) is 0 Å². The maximum absolute atomic E-state index is 12.3. The van der Waals surface area contributed by atoms with Crippen LogP contribution in [0.5, 0.6) is 0 Å². The van der Waals surface area contributed by atoms with E-state index in [4.69, 9.17) is 4.74 Å². The molecule has 2 aliphatic carbocycles. The van der Waals surface area contributed by atoms with Crippen LogP contribution < -0.4 is 0 Å². The van der Waals surface area contributed by atoms with Crippen molar-refractivity contribution in [2.45, 2.75) is 49.7 Å². The van der Waals surface area contributed by atoms with Gasteiger partial charge in [0, 0.05) is 11.8 Å². The standard InChI is InChI=1S/C22H22O5/c23-19(17-11-9-13-5-1-3-7-15(13)17)21(25)27-22(26)20(24)18-12-10-14-6-2-4-8-16(14)18/h1-8,17-20,23-24H,9-12H2. The molecule has 4 atom stereocenters. The predicted octanol–water partition coefficient (Wildman–Crippen LogP) is 2.24. The fraction of sp³-hybridized carbons (Fsp3) is 0.364. The summed E-state index contributed by atoms with van der Waals surface area (Å²) in [5.74, 6) is -2.75. The minimum absolute atomic E-state index is 0.383. The summed E-state index contributed by atoms with van der Waals surface area (Å²) in [5, 5.41) is 20.8. The SMILES string of the molecule is O=C(OC(=O)C(O)C1CCc2ccccc21)C(O)C1CCc2ccccc21. The van der Waals surface area contributed by atoms with Gasteiger partial charge in [-0.2, -0.15) is 0 Å². The van der Waals surface area contributed by atoms with E-state index >= 15 is 0 Å². The lowest BCUT2D eigenvalue weighted by molar-refractivity contribution is -0.172. The molecule has 0 saturated heterocycles. The molecule has 0 fully saturated rings. The van der Waals surface area contributed by atoms with E-state index in [9.17, 15) is 19.8 Å². The number of hydrogen-bond donors (Lipinski definition) is 2. The molecule has 0 amide bonds. The van der Waals surface area contributed by atoms with E-state index in [0.717, 1.165) is 35.1 Å². The largest absolute Gasteiger partial charge is 0.389 e. The summed E-state index contributed by atoms with van der Waals surface area (Å²) >= 11 is 0. The summed E-state index contributed by atoms with van der Waals surface area (Å²) in [5.41, 5.74) is 4.03. The Labute approximate surface area is 157 Å². The minimum Gasteiger partial charge on any atom is -0.389 e. The zero-order valence-electron chi connectivity index (χ0n) is 14.9. The second-order valence-electron chi connectivity index (χ2n) is 7.32. The highest BCUT2D eigenvalue weighted by Crippen LogP contribution is 2.37. The Hall–Kier alpha value is -2.50. The van der Waals surface area contributed by atoms with Crippen LogP contribution in [0.1, 0.15) is 46.9 Å². The summed E-state index contributed by atoms with van der Waals surface area (Å²) in [4.78, 5) is 24.6. The van der Waals surface area contributed by atoms with Gasteiger partial charge >= 0.3 is 11.9 Å². The molecule has 5 heteroatoms. The van der Waals surface area contributed by atoms with Crippen LogP contribution in [-0.2, 0) is 27.2 Å². The summed E-state index contributed by atoms with van der Waals surface area (Å²) in [6.07, 6.45) is -0.0207. The molecule has 4 rings (SSSR count). The zero-order chi connectivity index (χ0) is 19.0. The highest BCUT2D eigenvalue weighted by molar-refractivity contribution is 5.91. The smallest absolute Gasteiger partial charge is 0.343 e. The van der Waals surface area contributed by atoms with Gasteiger partial charge in [0.1, 0.15) is 0 Å². The summed E-state index contributed by atoms with van der Waals surface area (Å²) < 4.78 is 4.85. The molecule has 0 heterocycles. The molecule has 5 nitrogen and oxygen atoms in total. The number of benzene rings is 2. The second kappa shape index (κ2) is 7.25. The van der Waals surface area contributed by atoms with Crippen molar-refractivity contribution in [1.82, 2.24) is 0 Å². The molecule has 27 heavy (non-hydrogen) atoms. The molecule has 2 aromatic rings. The molecule has 2 N–H and O–H groups in total. The Balaban J connectivity index is 1.42. The van der Waals surface area contributed by atoms with Crippen molar-refractivity contribution in [3.05, 3.63) is 70.8 Å². The minimum atomic E-state index is -1.42. The summed E-state index contributed by atoms with van der Waals surface area (Å²) in [7, 11) is 0. The normalized spacial score (nSPS) is 22.6. The average Bonchev–Trinajstić information content (AvgIpc) is 3.31. The Morgan fingerprint density at radius 1 is 0.778 bits per heavy atom. The molecule has 0 bridgehead atoms. The number of hydrogen-bond acceptors (Lipinski definition) is 5. The number of carbonyl (C=O) groups is 2. The molecule has 0 aliphatic heterocycles. The number of ether oxygens (including phenoxy) is 1. The van der Waals surface area contributed by atoms with Gasteiger partial charge in [0.2, 0.25) is 0 Å². The molecule has 0 spiro atoms. The Kier molecular flexibility index (Phi) is 4.81. The first-order valence-electron chi connectivity index (χ1n) is 9.33. The zero-order valence-corrected chi connectivity index (χ0v) is 14.9. The first-order chi connectivity index (χ1) is 13.1. The monoisotopic (exact) mass is 366 g/mol. The third-order valence-electron chi connectivity index (χ3n) is 5.80. The highest BCUT2D eigenvalue weighted by atomic mass is 16.6. The fourth-order valence-corrected chi connectivity index (χ4v) is 4.38. The summed E-state index contributed by atoms with van der Waals surface area (Å²) in [6.45, 7) is 0. The van der Waals surface area contributed by atoms with Crippen LogP contribution in [0.2, 0.25) is 0 Å². The number of fused-ring (bicyclic) bond motifs is 2. The summed E-state index contributed by atoms with van der Waals surface area (Å²) in [6, 6.07) is 15.3. The van der Waals surface area contributed by atoms with Crippen molar-refractivity contribution >= 4 is 11.9 Å². The molecule has 4 unspecified atom stereocenters. The fourth-order valence-electron chi connectivity index (χ4n) is 4.38. The van der Waals surface area contributed by atoms with E-state index in [1.807, 2.05) is 48.5 Å². The van der Waals surface area contributed by atoms with Crippen LogP contribution in [0.4, 0.5) is 0 Å². The number of rotatable bonds is 4. The van der Waals surface area contributed by atoms with Gasteiger partial charge in [-0.1, -0.05) is 48.5 Å². The number of aryl methyl sites for hydroxylation is 2. The van der Waals surface area contributed by atoms with Gasteiger partial charge in [-0.15, -0.1) is 0 Å². The number of aliphatic hydroxyl groups excluding tert-OH is 2. The molecule has 0 saturated carbocycles. The quantitative estimate of drug-likeness (QED) is 0.640. The van der Waals surface area contributed by atoms with Gasteiger partial charge in [0.15, 0.2) is 12.2 Å². The van der Waals surface area contributed by atoms with Crippen LogP contribution in [0, 0.1) is 0 Å². The van der Waals surface area contributed by atoms with E-state index in [1.165, 1.54) is 0 Å². The Morgan fingerprint density at radius 2 is 1.19 bits per heavy atom. The lowest BCUT2D eigenvalue weighted by Crippen LogP contribution is -2.36. The number of carbonyl (C=O) groups excluding carboxylic acids is 2. The van der Waals surface area contributed by atoms with Crippen LogP contribution in [0.15, 0.2) is 48.5 Å². The van der Waals surface area contributed by atoms with Crippen molar-refractivity contribution in [3.63, 3.8) is 0 Å². The Bertz CT molecular complexity index is 803. The second-order valence-corrected chi connectivity index (χ2v) is 7.32. The molecule has 0 aromatic heterocycles. The molecule has 2 aromatic carbocycles. The maximum Gasteiger partial charge on any atom is 0.343 e.